The van der Waals surface area contributed by atoms with E-state index in [9.17, 15) is 0 Å². The molecule has 0 spiro atoms. The molecule has 3 unspecified atom stereocenters. The fraction of sp³-hybridized carbons (Fsp3) is 0.625. The van der Waals surface area contributed by atoms with Gasteiger partial charge in [0, 0.05) is 27.5 Å². The van der Waals surface area contributed by atoms with Gasteiger partial charge in [-0.15, -0.1) is 0 Å². The Morgan fingerprint density at radius 2 is 2.10 bits per heavy atom. The van der Waals surface area contributed by atoms with Gasteiger partial charge in [-0.25, -0.2) is 0 Å². The smallest absolute Gasteiger partial charge is 0.0594 e. The second kappa shape index (κ2) is 7.39. The highest BCUT2D eigenvalue weighted by molar-refractivity contribution is 9.11. The third-order valence-electron chi connectivity index (χ3n) is 4.09. The van der Waals surface area contributed by atoms with E-state index < -0.39 is 0 Å². The molecule has 1 aromatic carbocycles. The summed E-state index contributed by atoms with van der Waals surface area (Å²) in [7, 11) is 0. The van der Waals surface area contributed by atoms with Gasteiger partial charge in [-0.3, -0.25) is 0 Å². The van der Waals surface area contributed by atoms with Crippen LogP contribution in [0.2, 0.25) is 0 Å². The van der Waals surface area contributed by atoms with Crippen LogP contribution < -0.4 is 5.32 Å². The standard InChI is InChI=1S/C16H23Br2NO/c1-4-6-19-16(12-5-7-20-11(12)3)13-9-14(17)10(2)8-15(13)18/h8-9,11-12,16,19H,4-7H2,1-3H3. The molecule has 4 heteroatoms. The van der Waals surface area contributed by atoms with E-state index in [1.165, 1.54) is 20.1 Å². The second-order valence-electron chi connectivity index (χ2n) is 5.58. The molecule has 1 N–H and O–H groups in total. The number of hydrogen-bond acceptors (Lipinski definition) is 2. The van der Waals surface area contributed by atoms with Gasteiger partial charge in [-0.2, -0.15) is 0 Å². The minimum absolute atomic E-state index is 0.316. The quantitative estimate of drug-likeness (QED) is 0.746. The van der Waals surface area contributed by atoms with Crippen LogP contribution >= 0.6 is 31.9 Å². The fourth-order valence-corrected chi connectivity index (χ4v) is 3.94. The van der Waals surface area contributed by atoms with Crippen molar-refractivity contribution in [2.75, 3.05) is 13.2 Å². The summed E-state index contributed by atoms with van der Waals surface area (Å²) in [5.41, 5.74) is 2.59. The highest BCUT2D eigenvalue weighted by Gasteiger charge is 2.33. The van der Waals surface area contributed by atoms with Crippen LogP contribution in [0.3, 0.4) is 0 Å². The van der Waals surface area contributed by atoms with Gasteiger partial charge in [0.1, 0.15) is 0 Å². The number of rotatable bonds is 5. The summed E-state index contributed by atoms with van der Waals surface area (Å²) in [4.78, 5) is 0. The van der Waals surface area contributed by atoms with E-state index in [1.54, 1.807) is 0 Å². The van der Waals surface area contributed by atoms with E-state index in [0.717, 1.165) is 26.0 Å². The molecule has 1 aliphatic rings. The Labute approximate surface area is 138 Å². The Hall–Kier alpha value is 0.1000. The highest BCUT2D eigenvalue weighted by atomic mass is 79.9. The number of aryl methyl sites for hydroxylation is 1. The highest BCUT2D eigenvalue weighted by Crippen LogP contribution is 2.38. The summed E-state index contributed by atoms with van der Waals surface area (Å²) in [6.45, 7) is 8.43. The maximum absolute atomic E-state index is 5.77. The minimum atomic E-state index is 0.316. The van der Waals surface area contributed by atoms with Crippen molar-refractivity contribution in [3.8, 4) is 0 Å². The van der Waals surface area contributed by atoms with E-state index in [0.29, 0.717) is 18.1 Å². The molecule has 0 saturated carbocycles. The molecule has 3 atom stereocenters. The first kappa shape index (κ1) is 16.5. The van der Waals surface area contributed by atoms with Gasteiger partial charge >= 0.3 is 0 Å². The lowest BCUT2D eigenvalue weighted by Crippen LogP contribution is -2.32. The van der Waals surface area contributed by atoms with Gasteiger partial charge in [0.05, 0.1) is 6.10 Å². The molecule has 0 aromatic heterocycles. The molecule has 112 valence electrons. The van der Waals surface area contributed by atoms with Gasteiger partial charge < -0.3 is 10.1 Å². The largest absolute Gasteiger partial charge is 0.378 e. The summed E-state index contributed by atoms with van der Waals surface area (Å²) < 4.78 is 8.13. The lowest BCUT2D eigenvalue weighted by Gasteiger charge is -2.28. The predicted molar refractivity (Wildman–Crippen MR) is 91.1 cm³/mol. The van der Waals surface area contributed by atoms with Crippen LogP contribution in [-0.4, -0.2) is 19.3 Å². The van der Waals surface area contributed by atoms with Gasteiger partial charge in [0.15, 0.2) is 0 Å². The van der Waals surface area contributed by atoms with E-state index in [4.69, 9.17) is 4.74 Å². The summed E-state index contributed by atoms with van der Waals surface area (Å²) in [6, 6.07) is 4.79. The number of hydrogen-bond donors (Lipinski definition) is 1. The Morgan fingerprint density at radius 3 is 2.70 bits per heavy atom. The minimum Gasteiger partial charge on any atom is -0.378 e. The normalized spacial score (nSPS) is 24.1. The van der Waals surface area contributed by atoms with Crippen molar-refractivity contribution in [3.63, 3.8) is 0 Å². The number of nitrogens with one attached hydrogen (secondary N) is 1. The Bertz CT molecular complexity index is 464. The molecule has 0 amide bonds. The Morgan fingerprint density at radius 1 is 1.35 bits per heavy atom. The van der Waals surface area contributed by atoms with Gasteiger partial charge in [-0.1, -0.05) is 38.8 Å². The summed E-state index contributed by atoms with van der Waals surface area (Å²) in [6.07, 6.45) is 2.58. The molecule has 1 saturated heterocycles. The van der Waals surface area contributed by atoms with Crippen molar-refractivity contribution in [3.05, 3.63) is 32.2 Å². The molecule has 1 aromatic rings. The van der Waals surface area contributed by atoms with Gasteiger partial charge in [-0.05, 0) is 56.5 Å². The molecular formula is C16H23Br2NO. The topological polar surface area (TPSA) is 21.3 Å². The summed E-state index contributed by atoms with van der Waals surface area (Å²) >= 11 is 7.40. The van der Waals surface area contributed by atoms with E-state index in [1.807, 2.05) is 0 Å². The maximum Gasteiger partial charge on any atom is 0.0594 e. The molecule has 0 bridgehead atoms. The summed E-state index contributed by atoms with van der Waals surface area (Å²) in [5.74, 6) is 0.535. The monoisotopic (exact) mass is 403 g/mol. The third kappa shape index (κ3) is 3.65. The molecular weight excluding hydrogens is 382 g/mol. The van der Waals surface area contributed by atoms with E-state index in [2.05, 4.69) is 70.1 Å². The lowest BCUT2D eigenvalue weighted by molar-refractivity contribution is 0.0953. The Kier molecular flexibility index (Phi) is 6.09. The fourth-order valence-electron chi connectivity index (χ4n) is 2.88. The van der Waals surface area contributed by atoms with Crippen molar-refractivity contribution >= 4 is 31.9 Å². The number of halogens is 2. The van der Waals surface area contributed by atoms with Crippen LogP contribution in [0.5, 0.6) is 0 Å². The van der Waals surface area contributed by atoms with E-state index >= 15 is 0 Å². The first-order chi connectivity index (χ1) is 9.54. The SMILES string of the molecule is CCCNC(c1cc(Br)c(C)cc1Br)C1CCOC1C. The molecule has 1 fully saturated rings. The van der Waals surface area contributed by atoms with Crippen molar-refractivity contribution < 1.29 is 4.74 Å². The van der Waals surface area contributed by atoms with Gasteiger partial charge in [0.2, 0.25) is 0 Å². The first-order valence-electron chi connectivity index (χ1n) is 7.35. The van der Waals surface area contributed by atoms with Crippen LogP contribution in [0.1, 0.15) is 43.9 Å². The molecule has 0 radical (unpaired) electrons. The first-order valence-corrected chi connectivity index (χ1v) is 8.93. The molecule has 1 heterocycles. The van der Waals surface area contributed by atoms with Crippen LogP contribution in [0.4, 0.5) is 0 Å². The second-order valence-corrected chi connectivity index (χ2v) is 7.29. The molecule has 2 rings (SSSR count). The third-order valence-corrected chi connectivity index (χ3v) is 5.63. The van der Waals surface area contributed by atoms with Crippen LogP contribution in [0.15, 0.2) is 21.1 Å². The zero-order valence-electron chi connectivity index (χ0n) is 12.4. The average Bonchev–Trinajstić information content (AvgIpc) is 2.82. The zero-order chi connectivity index (χ0) is 14.7. The summed E-state index contributed by atoms with van der Waals surface area (Å²) in [5, 5.41) is 3.71. The predicted octanol–water partition coefficient (Wildman–Crippen LogP) is 4.99. The van der Waals surface area contributed by atoms with Crippen molar-refractivity contribution in [1.82, 2.24) is 5.32 Å². The average molecular weight is 405 g/mol. The van der Waals surface area contributed by atoms with Crippen molar-refractivity contribution in [2.45, 2.75) is 45.8 Å². The zero-order valence-corrected chi connectivity index (χ0v) is 15.6. The van der Waals surface area contributed by atoms with Crippen LogP contribution in [0.25, 0.3) is 0 Å². The van der Waals surface area contributed by atoms with Crippen molar-refractivity contribution in [1.29, 1.82) is 0 Å². The Balaban J connectivity index is 2.32. The molecule has 0 aliphatic carbocycles. The van der Waals surface area contributed by atoms with Gasteiger partial charge in [0.25, 0.3) is 0 Å². The number of benzene rings is 1. The number of ether oxygens (including phenoxy) is 1. The van der Waals surface area contributed by atoms with Crippen molar-refractivity contribution in [2.24, 2.45) is 5.92 Å². The maximum atomic E-state index is 5.77. The van der Waals surface area contributed by atoms with E-state index in [-0.39, 0.29) is 0 Å². The lowest BCUT2D eigenvalue weighted by atomic mass is 9.88. The molecule has 2 nitrogen and oxygen atoms in total. The molecule has 20 heavy (non-hydrogen) atoms. The van der Waals surface area contributed by atoms with Crippen LogP contribution in [0, 0.1) is 12.8 Å². The molecule has 1 aliphatic heterocycles. The van der Waals surface area contributed by atoms with Crippen LogP contribution in [-0.2, 0) is 4.74 Å².